The maximum Gasteiger partial charge on any atom is 0.265 e. The number of hydrogen-bond acceptors (Lipinski definition) is 3. The lowest BCUT2D eigenvalue weighted by atomic mass is 10.4. The number of hydrogen-bond donors (Lipinski definition) is 1. The number of aromatic amines is 1. The average Bonchev–Trinajstić information content (AvgIpc) is 2.60. The van der Waals surface area contributed by atoms with Gasteiger partial charge in [-0.15, -0.1) is 11.3 Å². The van der Waals surface area contributed by atoms with Crippen LogP contribution < -0.4 is 5.56 Å². The molecule has 0 bridgehead atoms. The summed E-state index contributed by atoms with van der Waals surface area (Å²) in [6.07, 6.45) is 0. The van der Waals surface area contributed by atoms with Gasteiger partial charge in [0.1, 0.15) is 4.47 Å². The number of rotatable bonds is 1. The molecule has 0 radical (unpaired) electrons. The first-order chi connectivity index (χ1) is 7.08. The van der Waals surface area contributed by atoms with Gasteiger partial charge in [0.05, 0.1) is 10.6 Å². The summed E-state index contributed by atoms with van der Waals surface area (Å²) in [7, 11) is 0. The highest BCUT2D eigenvalue weighted by molar-refractivity contribution is 9.10. The largest absolute Gasteiger partial charge is 0.305 e. The van der Waals surface area contributed by atoms with E-state index in [1.807, 2.05) is 11.4 Å². The van der Waals surface area contributed by atoms with E-state index in [-0.39, 0.29) is 5.56 Å². The molecule has 2 aromatic rings. The zero-order valence-electron chi connectivity index (χ0n) is 7.67. The van der Waals surface area contributed by atoms with E-state index in [4.69, 9.17) is 0 Å². The Bertz CT molecular complexity index is 561. The molecule has 1 N–H and O–H groups in total. The van der Waals surface area contributed by atoms with Crippen LogP contribution in [0.1, 0.15) is 5.69 Å². The summed E-state index contributed by atoms with van der Waals surface area (Å²) in [4.78, 5) is 19.5. The SMILES string of the molecule is Cc1nc(-c2cc(Br)cs2)[nH]c(=O)c1Br. The summed E-state index contributed by atoms with van der Waals surface area (Å²) in [6, 6.07) is 1.93. The van der Waals surface area contributed by atoms with Crippen LogP contribution in [0.3, 0.4) is 0 Å². The molecule has 0 saturated heterocycles. The number of nitrogens with zero attached hydrogens (tertiary/aromatic N) is 1. The van der Waals surface area contributed by atoms with Crippen molar-refractivity contribution < 1.29 is 0 Å². The van der Waals surface area contributed by atoms with Crippen LogP contribution in [-0.2, 0) is 0 Å². The topological polar surface area (TPSA) is 45.8 Å². The molecule has 0 spiro atoms. The van der Waals surface area contributed by atoms with Gasteiger partial charge in [0.15, 0.2) is 5.82 Å². The maximum absolute atomic E-state index is 11.5. The lowest BCUT2D eigenvalue weighted by molar-refractivity contribution is 1.06. The van der Waals surface area contributed by atoms with Crippen LogP contribution in [0.25, 0.3) is 10.7 Å². The van der Waals surface area contributed by atoms with Gasteiger partial charge in [-0.25, -0.2) is 4.98 Å². The van der Waals surface area contributed by atoms with Gasteiger partial charge in [-0.1, -0.05) is 0 Å². The van der Waals surface area contributed by atoms with Crippen molar-refractivity contribution in [3.8, 4) is 10.7 Å². The molecule has 3 nitrogen and oxygen atoms in total. The van der Waals surface area contributed by atoms with Crippen LogP contribution >= 0.6 is 43.2 Å². The van der Waals surface area contributed by atoms with Crippen LogP contribution in [-0.4, -0.2) is 9.97 Å². The van der Waals surface area contributed by atoms with Gasteiger partial charge in [-0.3, -0.25) is 4.79 Å². The Morgan fingerprint density at radius 1 is 1.47 bits per heavy atom. The van der Waals surface area contributed by atoms with Crippen molar-refractivity contribution in [2.75, 3.05) is 0 Å². The Morgan fingerprint density at radius 3 is 2.73 bits per heavy atom. The van der Waals surface area contributed by atoms with E-state index >= 15 is 0 Å². The molecule has 0 amide bonds. The van der Waals surface area contributed by atoms with Gasteiger partial charge in [0.2, 0.25) is 0 Å². The standard InChI is InChI=1S/C9H6Br2N2OS/c1-4-7(11)9(14)13-8(12-4)6-2-5(10)3-15-6/h2-3H,1H3,(H,12,13,14). The third-order valence-electron chi connectivity index (χ3n) is 1.83. The second-order valence-electron chi connectivity index (χ2n) is 2.94. The molecule has 0 aliphatic rings. The summed E-state index contributed by atoms with van der Waals surface area (Å²) < 4.78 is 1.48. The first-order valence-corrected chi connectivity index (χ1v) is 6.55. The first-order valence-electron chi connectivity index (χ1n) is 4.09. The third-order valence-corrected chi connectivity index (χ3v) is 4.46. The van der Waals surface area contributed by atoms with Crippen molar-refractivity contribution >= 4 is 43.2 Å². The second kappa shape index (κ2) is 4.19. The predicted molar refractivity (Wildman–Crippen MR) is 68.3 cm³/mol. The fourth-order valence-electron chi connectivity index (χ4n) is 1.13. The molecule has 2 heterocycles. The number of H-pyrrole nitrogens is 1. The van der Waals surface area contributed by atoms with Crippen LogP contribution in [0.2, 0.25) is 0 Å². The molecule has 0 aliphatic heterocycles. The van der Waals surface area contributed by atoms with E-state index in [0.717, 1.165) is 9.35 Å². The van der Waals surface area contributed by atoms with Crippen LogP contribution in [0.5, 0.6) is 0 Å². The quantitative estimate of drug-likeness (QED) is 0.858. The number of aryl methyl sites for hydroxylation is 1. The number of halogens is 2. The van der Waals surface area contributed by atoms with Crippen LogP contribution in [0.15, 0.2) is 25.2 Å². The third kappa shape index (κ3) is 2.21. The summed E-state index contributed by atoms with van der Waals surface area (Å²) in [5, 5.41) is 1.95. The molecular formula is C9H6Br2N2OS. The fourth-order valence-corrected chi connectivity index (χ4v) is 2.68. The van der Waals surface area contributed by atoms with Crippen molar-refractivity contribution in [2.45, 2.75) is 6.92 Å². The Kier molecular flexibility index (Phi) is 3.08. The first kappa shape index (κ1) is 11.0. The van der Waals surface area contributed by atoms with E-state index in [1.54, 1.807) is 6.92 Å². The molecule has 15 heavy (non-hydrogen) atoms. The number of thiophene rings is 1. The summed E-state index contributed by atoms with van der Waals surface area (Å²) >= 11 is 8.07. The second-order valence-corrected chi connectivity index (χ2v) is 5.56. The Labute approximate surface area is 107 Å². The molecule has 6 heteroatoms. The molecule has 0 unspecified atom stereocenters. The van der Waals surface area contributed by atoms with Gasteiger partial charge in [0, 0.05) is 9.85 Å². The van der Waals surface area contributed by atoms with Crippen LogP contribution in [0, 0.1) is 6.92 Å². The predicted octanol–water partition coefficient (Wildman–Crippen LogP) is 3.33. The molecule has 0 atom stereocenters. The van der Waals surface area contributed by atoms with E-state index in [1.165, 1.54) is 11.3 Å². The highest BCUT2D eigenvalue weighted by Gasteiger charge is 2.08. The molecular weight excluding hydrogens is 344 g/mol. The molecule has 0 saturated carbocycles. The minimum Gasteiger partial charge on any atom is -0.305 e. The Morgan fingerprint density at radius 2 is 2.20 bits per heavy atom. The minimum absolute atomic E-state index is 0.151. The van der Waals surface area contributed by atoms with E-state index in [9.17, 15) is 4.79 Å². The highest BCUT2D eigenvalue weighted by atomic mass is 79.9. The summed E-state index contributed by atoms with van der Waals surface area (Å²) in [5.74, 6) is 0.608. The van der Waals surface area contributed by atoms with Gasteiger partial charge in [-0.2, -0.15) is 0 Å². The van der Waals surface area contributed by atoms with E-state index in [2.05, 4.69) is 41.8 Å². The van der Waals surface area contributed by atoms with Gasteiger partial charge in [0.25, 0.3) is 5.56 Å². The fraction of sp³-hybridized carbons (Fsp3) is 0.111. The molecule has 78 valence electrons. The summed E-state index contributed by atoms with van der Waals surface area (Å²) in [5.41, 5.74) is 0.542. The average molecular weight is 350 g/mol. The number of aromatic nitrogens is 2. The van der Waals surface area contributed by atoms with Gasteiger partial charge in [-0.05, 0) is 44.8 Å². The van der Waals surface area contributed by atoms with Crippen molar-refractivity contribution in [2.24, 2.45) is 0 Å². The molecule has 2 rings (SSSR count). The normalized spacial score (nSPS) is 10.6. The van der Waals surface area contributed by atoms with E-state index < -0.39 is 0 Å². The molecule has 2 aromatic heterocycles. The lowest BCUT2D eigenvalue weighted by Crippen LogP contribution is -2.11. The van der Waals surface area contributed by atoms with Crippen molar-refractivity contribution in [3.05, 3.63) is 36.4 Å². The zero-order valence-corrected chi connectivity index (χ0v) is 11.7. The lowest BCUT2D eigenvalue weighted by Gasteiger charge is -2.00. The Balaban J connectivity index is 2.60. The van der Waals surface area contributed by atoms with Crippen molar-refractivity contribution in [1.29, 1.82) is 0 Å². The molecule has 0 aromatic carbocycles. The zero-order chi connectivity index (χ0) is 11.0. The van der Waals surface area contributed by atoms with Gasteiger partial charge < -0.3 is 4.98 Å². The molecule has 0 fully saturated rings. The molecule has 0 aliphatic carbocycles. The van der Waals surface area contributed by atoms with Crippen LogP contribution in [0.4, 0.5) is 0 Å². The smallest absolute Gasteiger partial charge is 0.265 e. The van der Waals surface area contributed by atoms with Crippen molar-refractivity contribution in [1.82, 2.24) is 9.97 Å². The monoisotopic (exact) mass is 348 g/mol. The van der Waals surface area contributed by atoms with Gasteiger partial charge >= 0.3 is 0 Å². The maximum atomic E-state index is 11.5. The highest BCUT2D eigenvalue weighted by Crippen LogP contribution is 2.27. The minimum atomic E-state index is -0.151. The Hall–Kier alpha value is -0.460. The summed E-state index contributed by atoms with van der Waals surface area (Å²) in [6.45, 7) is 1.80. The van der Waals surface area contributed by atoms with Crippen molar-refractivity contribution in [3.63, 3.8) is 0 Å². The number of nitrogens with one attached hydrogen (secondary N) is 1. The van der Waals surface area contributed by atoms with E-state index in [0.29, 0.717) is 16.0 Å².